The summed E-state index contributed by atoms with van der Waals surface area (Å²) in [4.78, 5) is 22.7. The van der Waals surface area contributed by atoms with Crippen LogP contribution in [0, 0.1) is 5.82 Å². The van der Waals surface area contributed by atoms with Crippen LogP contribution in [0.5, 0.6) is 0 Å². The zero-order valence-electron chi connectivity index (χ0n) is 11.8. The minimum Gasteiger partial charge on any atom is -0.326 e. The molecular formula is C16H14FN3O2. The van der Waals surface area contributed by atoms with Crippen molar-refractivity contribution in [1.82, 2.24) is 5.43 Å². The number of nitrogens with zero attached hydrogens (tertiary/aromatic N) is 1. The number of rotatable bonds is 4. The molecule has 0 unspecified atom stereocenters. The van der Waals surface area contributed by atoms with E-state index in [1.54, 1.807) is 42.5 Å². The van der Waals surface area contributed by atoms with Crippen LogP contribution in [0.1, 0.15) is 22.8 Å². The monoisotopic (exact) mass is 299 g/mol. The number of anilines is 1. The lowest BCUT2D eigenvalue weighted by atomic mass is 10.2. The molecule has 0 bridgehead atoms. The van der Waals surface area contributed by atoms with Gasteiger partial charge in [-0.1, -0.05) is 18.2 Å². The Hall–Kier alpha value is -3.02. The summed E-state index contributed by atoms with van der Waals surface area (Å²) >= 11 is 0. The maximum Gasteiger partial charge on any atom is 0.271 e. The largest absolute Gasteiger partial charge is 0.326 e. The molecule has 0 fully saturated rings. The number of benzene rings is 2. The van der Waals surface area contributed by atoms with Crippen molar-refractivity contribution in [2.45, 2.75) is 6.92 Å². The van der Waals surface area contributed by atoms with Crippen molar-refractivity contribution >= 4 is 23.7 Å². The first-order chi connectivity index (χ1) is 10.6. The summed E-state index contributed by atoms with van der Waals surface area (Å²) in [6.07, 6.45) is 1.24. The molecule has 2 aromatic carbocycles. The second kappa shape index (κ2) is 7.12. The van der Waals surface area contributed by atoms with Crippen LogP contribution in [0.25, 0.3) is 0 Å². The molecule has 0 heterocycles. The highest BCUT2D eigenvalue weighted by molar-refractivity contribution is 5.96. The summed E-state index contributed by atoms with van der Waals surface area (Å²) in [6, 6.07) is 12.4. The molecule has 0 atom stereocenters. The van der Waals surface area contributed by atoms with Gasteiger partial charge >= 0.3 is 0 Å². The summed E-state index contributed by atoms with van der Waals surface area (Å²) in [5.41, 5.74) is 3.56. The van der Waals surface area contributed by atoms with E-state index < -0.39 is 11.7 Å². The molecule has 2 rings (SSSR count). The van der Waals surface area contributed by atoms with Gasteiger partial charge in [0.25, 0.3) is 5.91 Å². The molecule has 0 aliphatic carbocycles. The Bertz CT molecular complexity index is 712. The summed E-state index contributed by atoms with van der Waals surface area (Å²) < 4.78 is 13.3. The maximum atomic E-state index is 13.3. The van der Waals surface area contributed by atoms with E-state index in [1.807, 2.05) is 0 Å². The minimum absolute atomic E-state index is 0.188. The highest BCUT2D eigenvalue weighted by Gasteiger charge is 2.04. The van der Waals surface area contributed by atoms with Gasteiger partial charge in [0.1, 0.15) is 5.82 Å². The van der Waals surface area contributed by atoms with Gasteiger partial charge in [-0.05, 0) is 30.3 Å². The van der Waals surface area contributed by atoms with Crippen LogP contribution in [-0.4, -0.2) is 18.0 Å². The number of amides is 2. The van der Waals surface area contributed by atoms with Gasteiger partial charge in [0.15, 0.2) is 0 Å². The third-order valence-electron chi connectivity index (χ3n) is 2.74. The summed E-state index contributed by atoms with van der Waals surface area (Å²) in [5.74, 6) is -1.03. The molecule has 22 heavy (non-hydrogen) atoms. The van der Waals surface area contributed by atoms with Crippen molar-refractivity contribution in [3.63, 3.8) is 0 Å². The highest BCUT2D eigenvalue weighted by atomic mass is 19.1. The maximum absolute atomic E-state index is 13.3. The molecule has 0 saturated carbocycles. The predicted octanol–water partition coefficient (Wildman–Crippen LogP) is 2.55. The van der Waals surface area contributed by atoms with Crippen LogP contribution < -0.4 is 10.7 Å². The first kappa shape index (κ1) is 15.4. The van der Waals surface area contributed by atoms with E-state index >= 15 is 0 Å². The van der Waals surface area contributed by atoms with Crippen molar-refractivity contribution in [2.24, 2.45) is 5.10 Å². The first-order valence-electron chi connectivity index (χ1n) is 6.52. The minimum atomic E-state index is -0.429. The van der Waals surface area contributed by atoms with E-state index in [1.165, 1.54) is 19.2 Å². The van der Waals surface area contributed by atoms with Crippen LogP contribution in [0.4, 0.5) is 10.1 Å². The molecule has 0 spiro atoms. The predicted molar refractivity (Wildman–Crippen MR) is 82.2 cm³/mol. The smallest absolute Gasteiger partial charge is 0.271 e. The Morgan fingerprint density at radius 3 is 2.41 bits per heavy atom. The third-order valence-corrected chi connectivity index (χ3v) is 2.74. The van der Waals surface area contributed by atoms with E-state index in [2.05, 4.69) is 15.8 Å². The molecule has 2 aromatic rings. The molecule has 6 heteroatoms. The fourth-order valence-corrected chi connectivity index (χ4v) is 1.71. The molecule has 0 aliphatic rings. The van der Waals surface area contributed by atoms with Gasteiger partial charge in [-0.2, -0.15) is 5.10 Å². The van der Waals surface area contributed by atoms with E-state index in [0.717, 1.165) is 0 Å². The molecule has 0 saturated heterocycles. The van der Waals surface area contributed by atoms with Gasteiger partial charge in [-0.15, -0.1) is 0 Å². The van der Waals surface area contributed by atoms with Crippen molar-refractivity contribution < 1.29 is 14.0 Å². The number of halogens is 1. The van der Waals surface area contributed by atoms with E-state index in [0.29, 0.717) is 11.3 Å². The van der Waals surface area contributed by atoms with Crippen molar-refractivity contribution in [2.75, 3.05) is 5.32 Å². The average Bonchev–Trinajstić information content (AvgIpc) is 2.49. The van der Waals surface area contributed by atoms with Gasteiger partial charge in [0.05, 0.1) is 6.21 Å². The average molecular weight is 299 g/mol. The summed E-state index contributed by atoms with van der Waals surface area (Å²) in [7, 11) is 0. The zero-order valence-corrected chi connectivity index (χ0v) is 11.8. The molecule has 0 aromatic heterocycles. The quantitative estimate of drug-likeness (QED) is 0.673. The lowest BCUT2D eigenvalue weighted by molar-refractivity contribution is -0.114. The van der Waals surface area contributed by atoms with E-state index in [-0.39, 0.29) is 11.5 Å². The van der Waals surface area contributed by atoms with Gasteiger partial charge in [-0.3, -0.25) is 9.59 Å². The Morgan fingerprint density at radius 1 is 1.09 bits per heavy atom. The van der Waals surface area contributed by atoms with Crippen LogP contribution in [0.2, 0.25) is 0 Å². The Labute approximate surface area is 126 Å². The Kier molecular flexibility index (Phi) is 4.98. The number of nitrogens with one attached hydrogen (secondary N) is 2. The van der Waals surface area contributed by atoms with Crippen LogP contribution in [-0.2, 0) is 4.79 Å². The number of carbonyl (C=O) groups is 2. The molecular weight excluding hydrogens is 285 g/mol. The third kappa shape index (κ3) is 4.24. The van der Waals surface area contributed by atoms with Crippen molar-refractivity contribution in [3.8, 4) is 0 Å². The van der Waals surface area contributed by atoms with Gasteiger partial charge in [-0.25, -0.2) is 9.82 Å². The first-order valence-corrected chi connectivity index (χ1v) is 6.52. The summed E-state index contributed by atoms with van der Waals surface area (Å²) in [6.45, 7) is 1.40. The second-order valence-electron chi connectivity index (χ2n) is 4.48. The van der Waals surface area contributed by atoms with Crippen LogP contribution >= 0.6 is 0 Å². The summed E-state index contributed by atoms with van der Waals surface area (Å²) in [5, 5.41) is 6.32. The van der Waals surface area contributed by atoms with Gasteiger partial charge in [0.2, 0.25) is 5.91 Å². The SMILES string of the molecule is CC(=O)Nc1ccc(C(=O)NN=Cc2ccccc2F)cc1. The topological polar surface area (TPSA) is 70.6 Å². The van der Waals surface area contributed by atoms with Crippen LogP contribution in [0.15, 0.2) is 53.6 Å². The number of hydrogen-bond acceptors (Lipinski definition) is 3. The molecule has 5 nitrogen and oxygen atoms in total. The molecule has 2 amide bonds. The fraction of sp³-hybridized carbons (Fsp3) is 0.0625. The Balaban J connectivity index is 1.97. The number of hydrogen-bond donors (Lipinski definition) is 2. The van der Waals surface area contributed by atoms with Crippen LogP contribution in [0.3, 0.4) is 0 Å². The molecule has 2 N–H and O–H groups in total. The second-order valence-corrected chi connectivity index (χ2v) is 4.48. The number of hydrazone groups is 1. The van der Waals surface area contributed by atoms with Crippen molar-refractivity contribution in [3.05, 3.63) is 65.5 Å². The van der Waals surface area contributed by atoms with Gasteiger partial charge < -0.3 is 5.32 Å². The lowest BCUT2D eigenvalue weighted by Crippen LogP contribution is -2.17. The van der Waals surface area contributed by atoms with E-state index in [4.69, 9.17) is 0 Å². The van der Waals surface area contributed by atoms with Gasteiger partial charge in [0, 0.05) is 23.7 Å². The number of carbonyl (C=O) groups excluding carboxylic acids is 2. The fourth-order valence-electron chi connectivity index (χ4n) is 1.71. The van der Waals surface area contributed by atoms with Crippen molar-refractivity contribution in [1.29, 1.82) is 0 Å². The molecule has 0 aliphatic heterocycles. The highest BCUT2D eigenvalue weighted by Crippen LogP contribution is 2.09. The zero-order chi connectivity index (χ0) is 15.9. The Morgan fingerprint density at radius 2 is 1.77 bits per heavy atom. The standard InChI is InChI=1S/C16H14FN3O2/c1-11(21)19-14-8-6-12(7-9-14)16(22)20-18-10-13-4-2-3-5-15(13)17/h2-10H,1H3,(H,19,21)(H,20,22). The van der Waals surface area contributed by atoms with E-state index in [9.17, 15) is 14.0 Å². The molecule has 112 valence electrons. The lowest BCUT2D eigenvalue weighted by Gasteiger charge is -2.03. The normalized spacial score (nSPS) is 10.5. The molecule has 0 radical (unpaired) electrons.